The van der Waals surface area contributed by atoms with Gasteiger partial charge in [-0.3, -0.25) is 4.79 Å². The number of urea groups is 1. The number of para-hydroxylation sites is 1. The van der Waals surface area contributed by atoms with Gasteiger partial charge in [-0.05, 0) is 32.0 Å². The third-order valence-corrected chi connectivity index (χ3v) is 5.19. The molecule has 3 aromatic rings. The summed E-state index contributed by atoms with van der Waals surface area (Å²) in [4.78, 5) is 28.7. The summed E-state index contributed by atoms with van der Waals surface area (Å²) in [6.07, 6.45) is 1.72. The van der Waals surface area contributed by atoms with Gasteiger partial charge in [-0.15, -0.1) is 0 Å². The maximum atomic E-state index is 13.4. The van der Waals surface area contributed by atoms with Gasteiger partial charge < -0.3 is 19.6 Å². The lowest BCUT2D eigenvalue weighted by Crippen LogP contribution is -2.40. The van der Waals surface area contributed by atoms with E-state index in [-0.39, 0.29) is 11.9 Å². The van der Waals surface area contributed by atoms with Gasteiger partial charge >= 0.3 is 6.03 Å². The van der Waals surface area contributed by atoms with Crippen molar-refractivity contribution in [2.24, 2.45) is 0 Å². The SMILES string of the molecule is Cc1noc(C)c1C(=O)N(CCN1CCNC1=O)Cc1ccnn1-c1ccccc1. The van der Waals surface area contributed by atoms with Crippen LogP contribution < -0.4 is 5.32 Å². The summed E-state index contributed by atoms with van der Waals surface area (Å²) in [5, 5.41) is 11.1. The summed E-state index contributed by atoms with van der Waals surface area (Å²) in [5.41, 5.74) is 2.80. The lowest BCUT2D eigenvalue weighted by Gasteiger charge is -2.25. The highest BCUT2D eigenvalue weighted by Gasteiger charge is 2.27. The van der Waals surface area contributed by atoms with Gasteiger partial charge in [-0.1, -0.05) is 23.4 Å². The highest BCUT2D eigenvalue weighted by Crippen LogP contribution is 2.18. The summed E-state index contributed by atoms with van der Waals surface area (Å²) in [5.74, 6) is 0.310. The first-order chi connectivity index (χ1) is 14.5. The largest absolute Gasteiger partial charge is 0.361 e. The minimum absolute atomic E-state index is 0.103. The van der Waals surface area contributed by atoms with Crippen molar-refractivity contribution in [3.8, 4) is 5.69 Å². The molecule has 0 spiro atoms. The third kappa shape index (κ3) is 3.91. The number of nitrogens with one attached hydrogen (secondary N) is 1. The molecule has 3 heterocycles. The van der Waals surface area contributed by atoms with Crippen LogP contribution in [0.15, 0.2) is 47.1 Å². The molecule has 9 nitrogen and oxygen atoms in total. The molecule has 0 saturated carbocycles. The fourth-order valence-corrected chi connectivity index (χ4v) is 3.61. The van der Waals surface area contributed by atoms with Gasteiger partial charge in [0, 0.05) is 32.4 Å². The van der Waals surface area contributed by atoms with Crippen LogP contribution >= 0.6 is 0 Å². The second kappa shape index (κ2) is 8.40. The van der Waals surface area contributed by atoms with Gasteiger partial charge in [0.25, 0.3) is 5.91 Å². The van der Waals surface area contributed by atoms with Gasteiger partial charge in [0.1, 0.15) is 11.3 Å². The number of hydrogen-bond donors (Lipinski definition) is 1. The Labute approximate surface area is 174 Å². The van der Waals surface area contributed by atoms with Gasteiger partial charge in [0.05, 0.1) is 23.6 Å². The Morgan fingerprint density at radius 1 is 1.23 bits per heavy atom. The Balaban J connectivity index is 1.60. The predicted octanol–water partition coefficient (Wildman–Crippen LogP) is 2.14. The topological polar surface area (TPSA) is 96.5 Å². The zero-order valence-corrected chi connectivity index (χ0v) is 17.0. The van der Waals surface area contributed by atoms with Crippen molar-refractivity contribution in [1.82, 2.24) is 30.1 Å². The van der Waals surface area contributed by atoms with E-state index in [0.29, 0.717) is 49.7 Å². The Hall–Kier alpha value is -3.62. The quantitative estimate of drug-likeness (QED) is 0.646. The fourth-order valence-electron chi connectivity index (χ4n) is 3.61. The second-order valence-electron chi connectivity index (χ2n) is 7.21. The molecule has 0 atom stereocenters. The first-order valence-electron chi connectivity index (χ1n) is 9.88. The smallest absolute Gasteiger partial charge is 0.317 e. The van der Waals surface area contributed by atoms with E-state index in [1.54, 1.807) is 29.8 Å². The lowest BCUT2D eigenvalue weighted by atomic mass is 10.1. The Morgan fingerprint density at radius 2 is 2.03 bits per heavy atom. The van der Waals surface area contributed by atoms with Gasteiger partial charge in [-0.2, -0.15) is 5.10 Å². The highest BCUT2D eigenvalue weighted by molar-refractivity contribution is 5.96. The van der Waals surface area contributed by atoms with Crippen molar-refractivity contribution in [3.05, 3.63) is 65.3 Å². The molecule has 0 aliphatic carbocycles. The molecule has 1 aromatic carbocycles. The molecule has 156 valence electrons. The van der Waals surface area contributed by atoms with Gasteiger partial charge in [0.15, 0.2) is 0 Å². The maximum Gasteiger partial charge on any atom is 0.317 e. The molecule has 9 heteroatoms. The van der Waals surface area contributed by atoms with Crippen LogP contribution in [0.4, 0.5) is 4.79 Å². The van der Waals surface area contributed by atoms with Gasteiger partial charge in [0.2, 0.25) is 0 Å². The summed E-state index contributed by atoms with van der Waals surface area (Å²) in [6.45, 7) is 5.91. The number of benzene rings is 1. The molecular formula is C21H24N6O3. The summed E-state index contributed by atoms with van der Waals surface area (Å²) >= 11 is 0. The van der Waals surface area contributed by atoms with Crippen molar-refractivity contribution in [2.75, 3.05) is 26.2 Å². The Bertz CT molecular complexity index is 1020. The Kier molecular flexibility index (Phi) is 5.51. The van der Waals surface area contributed by atoms with E-state index in [1.165, 1.54) is 0 Å². The first kappa shape index (κ1) is 19.7. The zero-order valence-electron chi connectivity index (χ0n) is 17.0. The number of carbonyl (C=O) groups is 2. The molecule has 3 amide bonds. The van der Waals surface area contributed by atoms with Crippen LogP contribution in [0.3, 0.4) is 0 Å². The lowest BCUT2D eigenvalue weighted by molar-refractivity contribution is 0.0725. The van der Waals surface area contributed by atoms with Crippen LogP contribution in [0.1, 0.15) is 27.5 Å². The van der Waals surface area contributed by atoms with Crippen LogP contribution in [0.5, 0.6) is 0 Å². The molecular weight excluding hydrogens is 384 g/mol. The fraction of sp³-hybridized carbons (Fsp3) is 0.333. The zero-order chi connectivity index (χ0) is 21.1. The van der Waals surface area contributed by atoms with Crippen LogP contribution in [-0.4, -0.2) is 62.9 Å². The minimum Gasteiger partial charge on any atom is -0.361 e. The molecule has 1 N–H and O–H groups in total. The standard InChI is InChI=1S/C21H24N6O3/c1-15-19(16(2)30-24-15)20(28)26(13-12-25-11-10-22-21(25)29)14-18-8-9-23-27(18)17-6-4-3-5-7-17/h3-9H,10-14H2,1-2H3,(H,22,29). The summed E-state index contributed by atoms with van der Waals surface area (Å²) in [6, 6.07) is 11.6. The average Bonchev–Trinajstić information content (AvgIpc) is 3.46. The normalized spacial score (nSPS) is 13.5. The van der Waals surface area contributed by atoms with E-state index >= 15 is 0 Å². The minimum atomic E-state index is -0.174. The van der Waals surface area contributed by atoms with E-state index in [9.17, 15) is 9.59 Å². The molecule has 1 saturated heterocycles. The van der Waals surface area contributed by atoms with E-state index in [4.69, 9.17) is 4.52 Å². The molecule has 1 aliphatic heterocycles. The van der Waals surface area contributed by atoms with Crippen LogP contribution in [-0.2, 0) is 6.54 Å². The maximum absolute atomic E-state index is 13.4. The second-order valence-corrected chi connectivity index (χ2v) is 7.21. The van der Waals surface area contributed by atoms with Gasteiger partial charge in [-0.25, -0.2) is 9.48 Å². The first-order valence-corrected chi connectivity index (χ1v) is 9.88. The van der Waals surface area contributed by atoms with Crippen molar-refractivity contribution >= 4 is 11.9 Å². The highest BCUT2D eigenvalue weighted by atomic mass is 16.5. The van der Waals surface area contributed by atoms with Crippen LogP contribution in [0.2, 0.25) is 0 Å². The molecule has 0 bridgehead atoms. The average molecular weight is 408 g/mol. The van der Waals surface area contributed by atoms with Crippen molar-refractivity contribution < 1.29 is 14.1 Å². The molecule has 0 unspecified atom stereocenters. The number of carbonyl (C=O) groups excluding carboxylic acids is 2. The number of rotatable bonds is 7. The van der Waals surface area contributed by atoms with Crippen LogP contribution in [0, 0.1) is 13.8 Å². The monoisotopic (exact) mass is 408 g/mol. The van der Waals surface area contributed by atoms with E-state index in [2.05, 4.69) is 15.6 Å². The van der Waals surface area contributed by atoms with E-state index < -0.39 is 0 Å². The number of amides is 3. The molecule has 1 aliphatic rings. The number of nitrogens with zero attached hydrogens (tertiary/aromatic N) is 5. The summed E-state index contributed by atoms with van der Waals surface area (Å²) < 4.78 is 7.02. The molecule has 4 rings (SSSR count). The van der Waals surface area contributed by atoms with Crippen molar-refractivity contribution in [1.29, 1.82) is 0 Å². The number of aromatic nitrogens is 3. The van der Waals surface area contributed by atoms with E-state index in [1.807, 2.05) is 41.1 Å². The van der Waals surface area contributed by atoms with Crippen molar-refractivity contribution in [2.45, 2.75) is 20.4 Å². The third-order valence-electron chi connectivity index (χ3n) is 5.19. The number of hydrogen-bond acceptors (Lipinski definition) is 5. The van der Waals surface area contributed by atoms with E-state index in [0.717, 1.165) is 11.4 Å². The Morgan fingerprint density at radius 3 is 2.70 bits per heavy atom. The summed E-state index contributed by atoms with van der Waals surface area (Å²) in [7, 11) is 0. The molecule has 2 aromatic heterocycles. The molecule has 0 radical (unpaired) electrons. The van der Waals surface area contributed by atoms with Crippen LogP contribution in [0.25, 0.3) is 5.69 Å². The molecule has 1 fully saturated rings. The number of aryl methyl sites for hydroxylation is 2. The molecule has 30 heavy (non-hydrogen) atoms. The predicted molar refractivity (Wildman–Crippen MR) is 109 cm³/mol. The van der Waals surface area contributed by atoms with Crippen molar-refractivity contribution in [3.63, 3.8) is 0 Å².